The molecule has 0 saturated carbocycles. The molecule has 3 aromatic rings. The predicted molar refractivity (Wildman–Crippen MR) is 117 cm³/mol. The van der Waals surface area contributed by atoms with Gasteiger partial charge >= 0.3 is 0 Å². The fraction of sp³-hybridized carbons (Fsp3) is 0.423. The molecule has 0 spiro atoms. The molecule has 0 N–H and O–H groups in total. The average molecular weight is 375 g/mol. The van der Waals surface area contributed by atoms with Gasteiger partial charge in [-0.3, -0.25) is 0 Å². The van der Waals surface area contributed by atoms with Crippen molar-refractivity contribution in [2.24, 2.45) is 12.5 Å². The molecule has 2 heteroatoms. The summed E-state index contributed by atoms with van der Waals surface area (Å²) in [6.45, 7) is 15.8. The molecule has 1 aromatic heterocycles. The molecule has 0 atom stereocenters. The van der Waals surface area contributed by atoms with E-state index in [0.717, 1.165) is 17.9 Å². The molecule has 0 amide bonds. The van der Waals surface area contributed by atoms with Crippen LogP contribution in [0.4, 0.5) is 0 Å². The van der Waals surface area contributed by atoms with Crippen LogP contribution in [0.2, 0.25) is 0 Å². The van der Waals surface area contributed by atoms with Crippen LogP contribution in [0.1, 0.15) is 62.8 Å². The predicted octanol–water partition coefficient (Wildman–Crippen LogP) is 6.77. The highest BCUT2D eigenvalue weighted by Gasteiger charge is 2.33. The summed E-state index contributed by atoms with van der Waals surface area (Å²) in [7, 11) is 2.12. The van der Waals surface area contributed by atoms with Crippen LogP contribution in [0.5, 0.6) is 11.5 Å². The summed E-state index contributed by atoms with van der Waals surface area (Å²) < 4.78 is 8.87. The van der Waals surface area contributed by atoms with Crippen LogP contribution < -0.4 is 9.30 Å². The molecule has 1 aliphatic rings. The Bertz CT molecular complexity index is 1100. The van der Waals surface area contributed by atoms with Gasteiger partial charge in [-0.2, -0.15) is 4.57 Å². The largest absolute Gasteiger partial charge is 0.449 e. The molecule has 0 unspecified atom stereocenters. The fourth-order valence-electron chi connectivity index (χ4n) is 4.50. The second kappa shape index (κ2) is 6.34. The van der Waals surface area contributed by atoms with Gasteiger partial charge in [0.2, 0.25) is 5.75 Å². The van der Waals surface area contributed by atoms with E-state index in [4.69, 9.17) is 4.74 Å². The normalized spacial score (nSPS) is 13.0. The summed E-state index contributed by atoms with van der Waals surface area (Å²) in [6, 6.07) is 9.16. The van der Waals surface area contributed by atoms with E-state index in [1.54, 1.807) is 0 Å². The summed E-state index contributed by atoms with van der Waals surface area (Å²) in [5, 5.41) is 2.54. The van der Waals surface area contributed by atoms with Gasteiger partial charge in [-0.25, -0.2) is 0 Å². The second-order valence-corrected chi connectivity index (χ2v) is 9.94. The van der Waals surface area contributed by atoms with Crippen molar-refractivity contribution in [1.82, 2.24) is 0 Å². The lowest BCUT2D eigenvalue weighted by Crippen LogP contribution is -2.32. The van der Waals surface area contributed by atoms with E-state index in [0.29, 0.717) is 5.92 Å². The van der Waals surface area contributed by atoms with Gasteiger partial charge in [0.05, 0.1) is 5.56 Å². The molecular formula is C26H32NO+. The summed E-state index contributed by atoms with van der Waals surface area (Å²) in [5.41, 5.74) is 8.08. The zero-order valence-electron chi connectivity index (χ0n) is 18.5. The van der Waals surface area contributed by atoms with Crippen molar-refractivity contribution in [1.29, 1.82) is 0 Å². The van der Waals surface area contributed by atoms with E-state index in [1.807, 2.05) is 0 Å². The maximum Gasteiger partial charge on any atom is 0.256 e. The van der Waals surface area contributed by atoms with Crippen LogP contribution in [0, 0.1) is 19.3 Å². The minimum atomic E-state index is 0.241. The Morgan fingerprint density at radius 1 is 1.07 bits per heavy atom. The van der Waals surface area contributed by atoms with Crippen molar-refractivity contribution in [3.05, 3.63) is 52.7 Å². The number of benzene rings is 2. The molecular weight excluding hydrogens is 342 g/mol. The van der Waals surface area contributed by atoms with Crippen molar-refractivity contribution in [2.45, 2.75) is 60.8 Å². The third-order valence-electron chi connectivity index (χ3n) is 5.89. The van der Waals surface area contributed by atoms with Gasteiger partial charge in [0.15, 0.2) is 6.20 Å². The standard InChI is InChI=1S/C26H32NO/c1-15(2)20-9-10-27(8)24-22-17(4)16(3)11-19-12-18(14-26(5,6)7)13-21(23(19)22)28-25(20)24/h9-13,15H,14H2,1-8H3/q+1. The Labute approximate surface area is 169 Å². The molecule has 0 bridgehead atoms. The molecule has 2 aromatic carbocycles. The highest BCUT2D eigenvalue weighted by molar-refractivity contribution is 6.05. The van der Waals surface area contributed by atoms with Crippen LogP contribution in [0.15, 0.2) is 30.5 Å². The minimum absolute atomic E-state index is 0.241. The summed E-state index contributed by atoms with van der Waals surface area (Å²) >= 11 is 0. The van der Waals surface area contributed by atoms with Crippen molar-refractivity contribution >= 4 is 10.8 Å². The van der Waals surface area contributed by atoms with Crippen LogP contribution >= 0.6 is 0 Å². The first-order valence-corrected chi connectivity index (χ1v) is 10.3. The number of pyridine rings is 1. The van der Waals surface area contributed by atoms with E-state index >= 15 is 0 Å². The molecule has 1 aliphatic heterocycles. The third-order valence-corrected chi connectivity index (χ3v) is 5.89. The maximum atomic E-state index is 6.65. The Balaban J connectivity index is 2.10. The first-order chi connectivity index (χ1) is 13.1. The summed E-state index contributed by atoms with van der Waals surface area (Å²) in [5.74, 6) is 2.45. The molecule has 2 heterocycles. The first kappa shape index (κ1) is 19.0. The zero-order chi connectivity index (χ0) is 20.4. The molecule has 28 heavy (non-hydrogen) atoms. The molecule has 0 radical (unpaired) electrons. The molecule has 0 fully saturated rings. The van der Waals surface area contributed by atoms with Crippen LogP contribution in [0.3, 0.4) is 0 Å². The van der Waals surface area contributed by atoms with E-state index in [2.05, 4.69) is 90.5 Å². The molecule has 0 saturated heterocycles. The number of fused-ring (bicyclic) bond motifs is 2. The second-order valence-electron chi connectivity index (χ2n) is 9.94. The summed E-state index contributed by atoms with van der Waals surface area (Å²) in [4.78, 5) is 0. The number of hydrogen-bond acceptors (Lipinski definition) is 1. The smallest absolute Gasteiger partial charge is 0.256 e. The fourth-order valence-corrected chi connectivity index (χ4v) is 4.50. The lowest BCUT2D eigenvalue weighted by Gasteiger charge is -2.26. The number of aromatic nitrogens is 1. The Kier molecular flexibility index (Phi) is 4.30. The Morgan fingerprint density at radius 3 is 2.43 bits per heavy atom. The van der Waals surface area contributed by atoms with Gasteiger partial charge in [-0.1, -0.05) is 46.8 Å². The lowest BCUT2D eigenvalue weighted by atomic mass is 9.84. The maximum absolute atomic E-state index is 6.65. The molecule has 146 valence electrons. The first-order valence-electron chi connectivity index (χ1n) is 10.3. The van der Waals surface area contributed by atoms with Gasteiger partial charge in [0.25, 0.3) is 5.69 Å². The lowest BCUT2D eigenvalue weighted by molar-refractivity contribution is -0.660. The van der Waals surface area contributed by atoms with Crippen LogP contribution in [-0.4, -0.2) is 0 Å². The van der Waals surface area contributed by atoms with Crippen molar-refractivity contribution in [3.8, 4) is 22.8 Å². The van der Waals surface area contributed by atoms with E-state index in [9.17, 15) is 0 Å². The van der Waals surface area contributed by atoms with Crippen LogP contribution in [-0.2, 0) is 13.5 Å². The van der Waals surface area contributed by atoms with E-state index < -0.39 is 0 Å². The van der Waals surface area contributed by atoms with Gasteiger partial charge in [-0.15, -0.1) is 0 Å². The minimum Gasteiger partial charge on any atom is -0.449 e. The van der Waals surface area contributed by atoms with Crippen LogP contribution in [0.25, 0.3) is 22.0 Å². The monoisotopic (exact) mass is 374 g/mol. The molecule has 0 aliphatic carbocycles. The number of rotatable bonds is 2. The number of nitrogens with zero attached hydrogens (tertiary/aromatic N) is 1. The van der Waals surface area contributed by atoms with Gasteiger partial charge < -0.3 is 4.74 Å². The number of hydrogen-bond donors (Lipinski definition) is 0. The SMILES string of the molecule is Cc1cc2cc(CC(C)(C)C)cc3c2c(c1C)-c1c(c(C(C)C)cc[n+]1C)O3. The van der Waals surface area contributed by atoms with Crippen molar-refractivity contribution in [3.63, 3.8) is 0 Å². The van der Waals surface area contributed by atoms with Crippen molar-refractivity contribution in [2.75, 3.05) is 0 Å². The van der Waals surface area contributed by atoms with Gasteiger partial charge in [0.1, 0.15) is 12.8 Å². The number of aryl methyl sites for hydroxylation is 2. The highest BCUT2D eigenvalue weighted by atomic mass is 16.5. The van der Waals surface area contributed by atoms with Gasteiger partial charge in [0, 0.05) is 17.0 Å². The quantitative estimate of drug-likeness (QED) is 0.353. The van der Waals surface area contributed by atoms with Gasteiger partial charge in [-0.05, 0) is 59.7 Å². The Hall–Kier alpha value is -2.35. The molecule has 4 rings (SSSR count). The van der Waals surface area contributed by atoms with E-state index in [1.165, 1.54) is 44.3 Å². The van der Waals surface area contributed by atoms with E-state index in [-0.39, 0.29) is 5.41 Å². The average Bonchev–Trinajstić information content (AvgIpc) is 2.56. The Morgan fingerprint density at radius 2 is 1.79 bits per heavy atom. The zero-order valence-corrected chi connectivity index (χ0v) is 18.5. The topological polar surface area (TPSA) is 13.1 Å². The molecule has 2 nitrogen and oxygen atoms in total. The third kappa shape index (κ3) is 2.99. The summed E-state index contributed by atoms with van der Waals surface area (Å²) in [6.07, 6.45) is 3.21. The highest BCUT2D eigenvalue weighted by Crippen LogP contribution is 2.50. The van der Waals surface area contributed by atoms with Crippen molar-refractivity contribution < 1.29 is 9.30 Å². The number of ether oxygens (including phenoxy) is 1.